The summed E-state index contributed by atoms with van der Waals surface area (Å²) in [7, 11) is 0. The van der Waals surface area contributed by atoms with Gasteiger partial charge in [0.15, 0.2) is 0 Å². The monoisotopic (exact) mass is 260 g/mol. The molecule has 2 unspecified atom stereocenters. The maximum atomic E-state index is 12.1. The molecular weight excluding hydrogens is 240 g/mol. The molecular formula is C11H20N2O5. The zero-order valence-corrected chi connectivity index (χ0v) is 10.4. The van der Waals surface area contributed by atoms with Gasteiger partial charge < -0.3 is 25.1 Å². The Hall–Kier alpha value is -1.34. The highest BCUT2D eigenvalue weighted by Gasteiger charge is 2.38. The number of amides is 2. The fourth-order valence-electron chi connectivity index (χ4n) is 2.19. The van der Waals surface area contributed by atoms with Gasteiger partial charge in [0.05, 0.1) is 19.1 Å². The third-order valence-corrected chi connectivity index (χ3v) is 3.21. The van der Waals surface area contributed by atoms with Crippen LogP contribution in [0.25, 0.3) is 0 Å². The van der Waals surface area contributed by atoms with Crippen LogP contribution in [0, 0.1) is 11.8 Å². The molecule has 0 aromatic carbocycles. The van der Waals surface area contributed by atoms with E-state index in [1.807, 2.05) is 0 Å². The van der Waals surface area contributed by atoms with Crippen molar-refractivity contribution in [1.29, 1.82) is 0 Å². The lowest BCUT2D eigenvalue weighted by Crippen LogP contribution is -2.45. The highest BCUT2D eigenvalue weighted by Crippen LogP contribution is 2.24. The van der Waals surface area contributed by atoms with E-state index in [-0.39, 0.29) is 44.8 Å². The Morgan fingerprint density at radius 1 is 1.22 bits per heavy atom. The number of carbonyl (C=O) groups excluding carboxylic acids is 1. The van der Waals surface area contributed by atoms with Crippen molar-refractivity contribution in [2.75, 3.05) is 39.4 Å². The number of aliphatic hydroxyl groups excluding tert-OH is 2. The Kier molecular flexibility index (Phi) is 5.36. The van der Waals surface area contributed by atoms with Crippen molar-refractivity contribution >= 4 is 12.0 Å². The topological polar surface area (TPSA) is 101 Å². The van der Waals surface area contributed by atoms with E-state index in [1.54, 1.807) is 6.92 Å². The number of aliphatic hydroxyl groups is 2. The van der Waals surface area contributed by atoms with Crippen LogP contribution >= 0.6 is 0 Å². The number of hydrogen-bond acceptors (Lipinski definition) is 4. The molecule has 3 N–H and O–H groups in total. The van der Waals surface area contributed by atoms with Gasteiger partial charge in [0.25, 0.3) is 0 Å². The van der Waals surface area contributed by atoms with E-state index in [1.165, 1.54) is 9.80 Å². The molecule has 7 nitrogen and oxygen atoms in total. The SMILES string of the molecule is CC1CN(C(=O)N(CCO)CCO)CC1C(=O)O. The van der Waals surface area contributed by atoms with Crippen LogP contribution in [-0.4, -0.2) is 76.5 Å². The lowest BCUT2D eigenvalue weighted by molar-refractivity contribution is -0.142. The van der Waals surface area contributed by atoms with E-state index in [0.717, 1.165) is 0 Å². The average Bonchev–Trinajstić information content (AvgIpc) is 2.70. The van der Waals surface area contributed by atoms with Crippen LogP contribution in [0.5, 0.6) is 0 Å². The third-order valence-electron chi connectivity index (χ3n) is 3.21. The van der Waals surface area contributed by atoms with Gasteiger partial charge in [0.2, 0.25) is 0 Å². The van der Waals surface area contributed by atoms with E-state index in [0.29, 0.717) is 6.54 Å². The summed E-state index contributed by atoms with van der Waals surface area (Å²) in [5, 5.41) is 26.7. The van der Waals surface area contributed by atoms with E-state index in [9.17, 15) is 9.59 Å². The number of hydrogen-bond donors (Lipinski definition) is 3. The summed E-state index contributed by atoms with van der Waals surface area (Å²) in [5.74, 6) is -1.52. The zero-order valence-electron chi connectivity index (χ0n) is 10.4. The molecule has 1 rings (SSSR count). The highest BCUT2D eigenvalue weighted by atomic mass is 16.4. The minimum Gasteiger partial charge on any atom is -0.481 e. The molecule has 18 heavy (non-hydrogen) atoms. The fraction of sp³-hybridized carbons (Fsp3) is 0.818. The van der Waals surface area contributed by atoms with Crippen molar-refractivity contribution in [2.24, 2.45) is 11.8 Å². The van der Waals surface area contributed by atoms with Crippen molar-refractivity contribution in [3.63, 3.8) is 0 Å². The number of likely N-dealkylation sites (tertiary alicyclic amines) is 1. The second-order valence-electron chi connectivity index (χ2n) is 4.54. The molecule has 1 saturated heterocycles. The largest absolute Gasteiger partial charge is 0.481 e. The number of aliphatic carboxylic acids is 1. The quantitative estimate of drug-likeness (QED) is 0.591. The first kappa shape index (κ1) is 14.7. The van der Waals surface area contributed by atoms with Crippen molar-refractivity contribution in [3.05, 3.63) is 0 Å². The number of carbonyl (C=O) groups is 2. The smallest absolute Gasteiger partial charge is 0.320 e. The molecule has 104 valence electrons. The van der Waals surface area contributed by atoms with Crippen molar-refractivity contribution in [2.45, 2.75) is 6.92 Å². The fourth-order valence-corrected chi connectivity index (χ4v) is 2.19. The lowest BCUT2D eigenvalue weighted by Gasteiger charge is -2.27. The molecule has 2 amide bonds. The van der Waals surface area contributed by atoms with Gasteiger partial charge in [0, 0.05) is 26.2 Å². The summed E-state index contributed by atoms with van der Waals surface area (Å²) in [5.41, 5.74) is 0. The molecule has 0 aliphatic carbocycles. The summed E-state index contributed by atoms with van der Waals surface area (Å²) in [4.78, 5) is 25.8. The molecule has 0 radical (unpaired) electrons. The molecule has 2 atom stereocenters. The predicted octanol–water partition coefficient (Wildman–Crippen LogP) is -0.954. The molecule has 1 fully saturated rings. The van der Waals surface area contributed by atoms with Crippen LogP contribution in [0.2, 0.25) is 0 Å². The van der Waals surface area contributed by atoms with Crippen LogP contribution < -0.4 is 0 Å². The second kappa shape index (κ2) is 6.55. The zero-order chi connectivity index (χ0) is 13.7. The maximum absolute atomic E-state index is 12.1. The minimum absolute atomic E-state index is 0.0865. The van der Waals surface area contributed by atoms with Crippen LogP contribution in [0.3, 0.4) is 0 Å². The molecule has 0 bridgehead atoms. The number of carboxylic acid groups (broad SMARTS) is 1. The van der Waals surface area contributed by atoms with Gasteiger partial charge in [-0.25, -0.2) is 4.79 Å². The third kappa shape index (κ3) is 3.33. The number of urea groups is 1. The van der Waals surface area contributed by atoms with Crippen LogP contribution in [-0.2, 0) is 4.79 Å². The van der Waals surface area contributed by atoms with Gasteiger partial charge in [-0.3, -0.25) is 4.79 Å². The van der Waals surface area contributed by atoms with Gasteiger partial charge in [-0.05, 0) is 5.92 Å². The Balaban J connectivity index is 2.64. The Morgan fingerprint density at radius 2 is 1.78 bits per heavy atom. The van der Waals surface area contributed by atoms with Crippen LogP contribution in [0.15, 0.2) is 0 Å². The Labute approximate surface area is 106 Å². The van der Waals surface area contributed by atoms with Crippen molar-refractivity contribution < 1.29 is 24.9 Å². The summed E-state index contributed by atoms with van der Waals surface area (Å²) in [6.07, 6.45) is 0. The van der Waals surface area contributed by atoms with Gasteiger partial charge in [-0.15, -0.1) is 0 Å². The number of carboxylic acids is 1. The molecule has 0 spiro atoms. The predicted molar refractivity (Wildman–Crippen MR) is 63.0 cm³/mol. The standard InChI is InChI=1S/C11H20N2O5/c1-8-6-13(7-9(8)10(16)17)11(18)12(2-4-14)3-5-15/h8-9,14-15H,2-7H2,1H3,(H,16,17). The highest BCUT2D eigenvalue weighted by molar-refractivity contribution is 5.77. The van der Waals surface area contributed by atoms with Gasteiger partial charge in [-0.1, -0.05) is 6.92 Å². The molecule has 1 aliphatic rings. The lowest BCUT2D eigenvalue weighted by atomic mass is 9.99. The first-order valence-electron chi connectivity index (χ1n) is 5.99. The van der Waals surface area contributed by atoms with E-state index >= 15 is 0 Å². The first-order chi connectivity index (χ1) is 8.51. The van der Waals surface area contributed by atoms with Crippen molar-refractivity contribution in [3.8, 4) is 0 Å². The van der Waals surface area contributed by atoms with Crippen LogP contribution in [0.1, 0.15) is 6.92 Å². The van der Waals surface area contributed by atoms with Crippen LogP contribution in [0.4, 0.5) is 4.79 Å². The van der Waals surface area contributed by atoms with Crippen molar-refractivity contribution in [1.82, 2.24) is 9.80 Å². The Bertz CT molecular complexity index is 304. The molecule has 0 aromatic heterocycles. The van der Waals surface area contributed by atoms with E-state index in [2.05, 4.69) is 0 Å². The van der Waals surface area contributed by atoms with E-state index < -0.39 is 11.9 Å². The summed E-state index contributed by atoms with van der Waals surface area (Å²) < 4.78 is 0. The molecule has 0 saturated carbocycles. The molecule has 1 aliphatic heterocycles. The Morgan fingerprint density at radius 3 is 2.17 bits per heavy atom. The molecule has 7 heteroatoms. The van der Waals surface area contributed by atoms with E-state index in [4.69, 9.17) is 15.3 Å². The number of nitrogens with zero attached hydrogens (tertiary/aromatic N) is 2. The minimum atomic E-state index is -0.895. The molecule has 0 aromatic rings. The summed E-state index contributed by atoms with van der Waals surface area (Å²) in [6, 6.07) is -0.325. The summed E-state index contributed by atoms with van der Waals surface area (Å²) >= 11 is 0. The first-order valence-corrected chi connectivity index (χ1v) is 5.99. The second-order valence-corrected chi connectivity index (χ2v) is 4.54. The maximum Gasteiger partial charge on any atom is 0.320 e. The van der Waals surface area contributed by atoms with Gasteiger partial charge in [-0.2, -0.15) is 0 Å². The van der Waals surface area contributed by atoms with Gasteiger partial charge >= 0.3 is 12.0 Å². The normalized spacial score (nSPS) is 23.2. The van der Waals surface area contributed by atoms with Gasteiger partial charge in [0.1, 0.15) is 0 Å². The molecule has 1 heterocycles. The number of rotatable bonds is 5. The average molecular weight is 260 g/mol. The summed E-state index contributed by atoms with van der Waals surface area (Å²) in [6.45, 7) is 2.29.